The van der Waals surface area contributed by atoms with Gasteiger partial charge in [-0.1, -0.05) is 66.2 Å². The van der Waals surface area contributed by atoms with Crippen molar-refractivity contribution in [1.82, 2.24) is 15.0 Å². The fourth-order valence-corrected chi connectivity index (χ4v) is 3.53. The zero-order chi connectivity index (χ0) is 24.2. The number of aliphatic carboxylic acids is 1. The van der Waals surface area contributed by atoms with Crippen molar-refractivity contribution in [1.29, 1.82) is 0 Å². The Bertz CT molecular complexity index is 1290. The maximum atomic E-state index is 11.0. The lowest BCUT2D eigenvalue weighted by atomic mass is 10.0. The maximum absolute atomic E-state index is 11.0. The van der Waals surface area contributed by atoms with Gasteiger partial charge in [-0.15, -0.1) is 0 Å². The molecule has 8 heteroatoms. The summed E-state index contributed by atoms with van der Waals surface area (Å²) in [7, 11) is 1.87. The fraction of sp³-hybridized carbons (Fsp3) is 0.154. The summed E-state index contributed by atoms with van der Waals surface area (Å²) in [4.78, 5) is 26.0. The molecule has 0 aliphatic heterocycles. The molecule has 0 fully saturated rings. The second-order valence-electron chi connectivity index (χ2n) is 8.13. The molecule has 0 spiro atoms. The van der Waals surface area contributed by atoms with Gasteiger partial charge in [-0.25, -0.2) is 0 Å². The molecular formula is C26H26N6O2. The van der Waals surface area contributed by atoms with Crippen LogP contribution in [0.5, 0.6) is 0 Å². The highest BCUT2D eigenvalue weighted by Gasteiger charge is 2.14. The van der Waals surface area contributed by atoms with Gasteiger partial charge < -0.3 is 21.5 Å². The van der Waals surface area contributed by atoms with Crippen LogP contribution in [0.4, 0.5) is 17.6 Å². The highest BCUT2D eigenvalue weighted by Crippen LogP contribution is 2.27. The molecule has 0 aliphatic rings. The average Bonchev–Trinajstić information content (AvgIpc) is 2.84. The van der Waals surface area contributed by atoms with E-state index in [1.165, 1.54) is 5.56 Å². The van der Waals surface area contributed by atoms with E-state index in [1.54, 1.807) is 0 Å². The van der Waals surface area contributed by atoms with Crippen molar-refractivity contribution in [2.45, 2.75) is 19.4 Å². The third-order valence-electron chi connectivity index (χ3n) is 5.57. The second kappa shape index (κ2) is 9.68. The number of nitrogen functional groups attached to an aromatic ring is 1. The summed E-state index contributed by atoms with van der Waals surface area (Å²) in [6.07, 6.45) is 0.238. The highest BCUT2D eigenvalue weighted by atomic mass is 16.4. The van der Waals surface area contributed by atoms with E-state index in [4.69, 9.17) is 16.6 Å². The molecule has 172 valence electrons. The molecule has 1 heterocycles. The van der Waals surface area contributed by atoms with E-state index in [9.17, 15) is 4.79 Å². The average molecular weight is 455 g/mol. The lowest BCUT2D eigenvalue weighted by Gasteiger charge is -2.18. The van der Waals surface area contributed by atoms with Gasteiger partial charge in [0.15, 0.2) is 5.82 Å². The van der Waals surface area contributed by atoms with Gasteiger partial charge >= 0.3 is 5.97 Å². The minimum atomic E-state index is -1.03. The number of hydrogen-bond acceptors (Lipinski definition) is 7. The number of aromatic nitrogens is 3. The largest absolute Gasteiger partial charge is 0.480 e. The van der Waals surface area contributed by atoms with Crippen molar-refractivity contribution < 1.29 is 9.90 Å². The van der Waals surface area contributed by atoms with E-state index in [2.05, 4.69) is 58.3 Å². The van der Waals surface area contributed by atoms with Gasteiger partial charge in [0.25, 0.3) is 0 Å². The van der Waals surface area contributed by atoms with Crippen LogP contribution < -0.4 is 16.4 Å². The molecule has 4 rings (SSSR count). The van der Waals surface area contributed by atoms with Crippen LogP contribution in [0.2, 0.25) is 0 Å². The predicted molar refractivity (Wildman–Crippen MR) is 134 cm³/mol. The first-order chi connectivity index (χ1) is 16.3. The van der Waals surface area contributed by atoms with Crippen molar-refractivity contribution in [3.63, 3.8) is 0 Å². The maximum Gasteiger partial charge on any atom is 0.320 e. The number of rotatable bonds is 7. The molecule has 0 saturated heterocycles. The third kappa shape index (κ3) is 5.19. The lowest BCUT2D eigenvalue weighted by Crippen LogP contribution is -2.32. The summed E-state index contributed by atoms with van der Waals surface area (Å²) in [5.74, 6) is -0.0729. The summed E-state index contributed by atoms with van der Waals surface area (Å²) in [6.45, 7) is 2.07. The predicted octanol–water partition coefficient (Wildman–Crippen LogP) is 3.82. The zero-order valence-electron chi connectivity index (χ0n) is 19.0. The quantitative estimate of drug-likeness (QED) is 0.384. The molecule has 3 aromatic carbocycles. The SMILES string of the molecule is Cc1ccc(-c2ccc(N(C)c3nc(N)nc(-c4ccc(CC(N)C(=O)O)cc4)n3)cc2)cc1. The minimum absolute atomic E-state index is 0.111. The number of nitrogens with two attached hydrogens (primary N) is 2. The molecule has 0 amide bonds. The number of aryl methyl sites for hydroxylation is 1. The minimum Gasteiger partial charge on any atom is -0.480 e. The van der Waals surface area contributed by atoms with Gasteiger partial charge in [0, 0.05) is 18.3 Å². The number of anilines is 3. The van der Waals surface area contributed by atoms with Crippen LogP contribution in [0.15, 0.2) is 72.8 Å². The van der Waals surface area contributed by atoms with Gasteiger partial charge in [0.1, 0.15) is 6.04 Å². The van der Waals surface area contributed by atoms with Crippen LogP contribution in [0, 0.1) is 6.92 Å². The van der Waals surface area contributed by atoms with Crippen molar-refractivity contribution in [2.24, 2.45) is 5.73 Å². The Balaban J connectivity index is 1.55. The van der Waals surface area contributed by atoms with E-state index >= 15 is 0 Å². The number of carboxylic acid groups (broad SMARTS) is 1. The van der Waals surface area contributed by atoms with Crippen molar-refractivity contribution in [3.8, 4) is 22.5 Å². The van der Waals surface area contributed by atoms with Crippen LogP contribution in [-0.2, 0) is 11.2 Å². The van der Waals surface area contributed by atoms with Gasteiger partial charge in [-0.3, -0.25) is 4.79 Å². The first-order valence-corrected chi connectivity index (χ1v) is 10.8. The monoisotopic (exact) mass is 454 g/mol. The van der Waals surface area contributed by atoms with Crippen LogP contribution in [0.25, 0.3) is 22.5 Å². The molecule has 0 bridgehead atoms. The van der Waals surface area contributed by atoms with Crippen LogP contribution in [0.3, 0.4) is 0 Å². The van der Waals surface area contributed by atoms with Crippen molar-refractivity contribution >= 4 is 23.6 Å². The number of nitrogens with zero attached hydrogens (tertiary/aromatic N) is 4. The summed E-state index contributed by atoms with van der Waals surface area (Å²) >= 11 is 0. The molecule has 0 saturated carbocycles. The summed E-state index contributed by atoms with van der Waals surface area (Å²) in [6, 6.07) is 22.8. The summed E-state index contributed by atoms with van der Waals surface area (Å²) in [5, 5.41) is 9.00. The number of hydrogen-bond donors (Lipinski definition) is 3. The molecule has 1 aromatic heterocycles. The normalized spacial score (nSPS) is 11.7. The first kappa shape index (κ1) is 22.9. The molecule has 0 aliphatic carbocycles. The zero-order valence-corrected chi connectivity index (χ0v) is 19.0. The van der Waals surface area contributed by atoms with Crippen LogP contribution in [-0.4, -0.2) is 39.1 Å². The van der Waals surface area contributed by atoms with Crippen LogP contribution in [0.1, 0.15) is 11.1 Å². The number of carboxylic acids is 1. The molecule has 5 N–H and O–H groups in total. The van der Waals surface area contributed by atoms with Gasteiger partial charge in [-0.05, 0) is 42.2 Å². The van der Waals surface area contributed by atoms with E-state index in [-0.39, 0.29) is 12.4 Å². The molecular weight excluding hydrogens is 428 g/mol. The second-order valence-corrected chi connectivity index (χ2v) is 8.13. The molecule has 34 heavy (non-hydrogen) atoms. The van der Waals surface area contributed by atoms with Crippen molar-refractivity contribution in [2.75, 3.05) is 17.7 Å². The van der Waals surface area contributed by atoms with E-state index in [1.807, 2.05) is 48.3 Å². The van der Waals surface area contributed by atoms with Crippen molar-refractivity contribution in [3.05, 3.63) is 83.9 Å². The number of carbonyl (C=O) groups is 1. The Hall–Kier alpha value is -4.30. The van der Waals surface area contributed by atoms with E-state index in [0.717, 1.165) is 27.9 Å². The molecule has 1 unspecified atom stereocenters. The Labute approximate surface area is 197 Å². The number of benzene rings is 3. The fourth-order valence-electron chi connectivity index (χ4n) is 3.53. The summed E-state index contributed by atoms with van der Waals surface area (Å²) < 4.78 is 0. The first-order valence-electron chi connectivity index (χ1n) is 10.8. The smallest absolute Gasteiger partial charge is 0.320 e. The highest BCUT2D eigenvalue weighted by molar-refractivity contribution is 5.73. The third-order valence-corrected chi connectivity index (χ3v) is 5.57. The lowest BCUT2D eigenvalue weighted by molar-refractivity contribution is -0.138. The summed E-state index contributed by atoms with van der Waals surface area (Å²) in [5.41, 5.74) is 17.6. The van der Waals surface area contributed by atoms with Crippen LogP contribution >= 0.6 is 0 Å². The molecule has 8 nitrogen and oxygen atoms in total. The van der Waals surface area contributed by atoms with E-state index in [0.29, 0.717) is 11.8 Å². The Kier molecular flexibility index (Phi) is 6.51. The van der Waals surface area contributed by atoms with Gasteiger partial charge in [0.2, 0.25) is 11.9 Å². The van der Waals surface area contributed by atoms with Gasteiger partial charge in [0.05, 0.1) is 0 Å². The van der Waals surface area contributed by atoms with Gasteiger partial charge in [-0.2, -0.15) is 15.0 Å². The molecule has 4 aromatic rings. The Morgan fingerprint density at radius 1 is 0.882 bits per heavy atom. The van der Waals surface area contributed by atoms with E-state index < -0.39 is 12.0 Å². The standard InChI is InChI=1S/C26H26N6O2/c1-16-3-7-18(8-4-16)19-11-13-21(14-12-19)32(2)26-30-23(29-25(28)31-26)20-9-5-17(6-10-20)15-22(27)24(33)34/h3-14,22H,15,27H2,1-2H3,(H,33,34)(H2,28,29,30,31). The molecule has 0 radical (unpaired) electrons. The Morgan fingerprint density at radius 2 is 1.44 bits per heavy atom. The topological polar surface area (TPSA) is 131 Å². The molecule has 1 atom stereocenters. The Morgan fingerprint density at radius 3 is 2.03 bits per heavy atom.